The highest BCUT2D eigenvalue weighted by Crippen LogP contribution is 2.21. The fraction of sp³-hybridized carbons (Fsp3) is 0.0833. The number of Topliss-reactive ketones (excluding diaryl/α,β-unsaturated/α-hetero) is 1. The van der Waals surface area contributed by atoms with Gasteiger partial charge in [0.15, 0.2) is 5.78 Å². The molecule has 0 atom stereocenters. The average molecular weight is 318 g/mol. The van der Waals surface area contributed by atoms with Gasteiger partial charge < -0.3 is 4.42 Å². The fourth-order valence-corrected chi connectivity index (χ4v) is 1.98. The molecule has 0 aliphatic rings. The predicted molar refractivity (Wildman–Crippen MR) is 65.9 cm³/mol. The van der Waals surface area contributed by atoms with Crippen LogP contribution in [0.25, 0.3) is 0 Å². The summed E-state index contributed by atoms with van der Waals surface area (Å²) in [6, 6.07) is 6.04. The Morgan fingerprint density at radius 3 is 2.76 bits per heavy atom. The van der Waals surface area contributed by atoms with Crippen LogP contribution >= 0.6 is 27.5 Å². The number of ketones is 1. The van der Waals surface area contributed by atoms with Crippen molar-refractivity contribution in [3.8, 4) is 0 Å². The van der Waals surface area contributed by atoms with Gasteiger partial charge in [-0.05, 0) is 35.4 Å². The summed E-state index contributed by atoms with van der Waals surface area (Å²) in [5.41, 5.74) is 0.601. The Morgan fingerprint density at radius 2 is 2.18 bits per heavy atom. The maximum atomic E-state index is 13.5. The predicted octanol–water partition coefficient (Wildman–Crippen LogP) is 4.26. The lowest BCUT2D eigenvalue weighted by Gasteiger charge is -2.02. The monoisotopic (exact) mass is 316 g/mol. The van der Waals surface area contributed by atoms with E-state index in [-0.39, 0.29) is 23.0 Å². The number of benzene rings is 1. The lowest BCUT2D eigenvalue weighted by Crippen LogP contribution is -2.04. The molecule has 0 radical (unpaired) electrons. The first-order valence-electron chi connectivity index (χ1n) is 4.78. The summed E-state index contributed by atoms with van der Waals surface area (Å²) in [4.78, 5) is 11.8. The summed E-state index contributed by atoms with van der Waals surface area (Å²) < 4.78 is 19.0. The highest BCUT2D eigenvalue weighted by molar-refractivity contribution is 9.10. The molecule has 17 heavy (non-hydrogen) atoms. The second-order valence-electron chi connectivity index (χ2n) is 3.44. The van der Waals surface area contributed by atoms with Gasteiger partial charge in [0.05, 0.1) is 11.8 Å². The number of hydrogen-bond donors (Lipinski definition) is 0. The van der Waals surface area contributed by atoms with Crippen molar-refractivity contribution in [3.63, 3.8) is 0 Å². The van der Waals surface area contributed by atoms with Crippen molar-refractivity contribution in [3.05, 3.63) is 57.2 Å². The van der Waals surface area contributed by atoms with E-state index in [0.29, 0.717) is 10.0 Å². The summed E-state index contributed by atoms with van der Waals surface area (Å²) in [6.07, 6.45) is 1.28. The van der Waals surface area contributed by atoms with Gasteiger partial charge in [0.25, 0.3) is 0 Å². The van der Waals surface area contributed by atoms with E-state index in [4.69, 9.17) is 16.0 Å². The molecule has 0 spiro atoms. The van der Waals surface area contributed by atoms with Gasteiger partial charge in [0.1, 0.15) is 5.82 Å². The first kappa shape index (κ1) is 12.3. The second kappa shape index (κ2) is 5.02. The van der Waals surface area contributed by atoms with Gasteiger partial charge in [0.2, 0.25) is 5.22 Å². The first-order valence-corrected chi connectivity index (χ1v) is 5.95. The summed E-state index contributed by atoms with van der Waals surface area (Å²) in [7, 11) is 0. The van der Waals surface area contributed by atoms with Gasteiger partial charge in [-0.25, -0.2) is 4.39 Å². The van der Waals surface area contributed by atoms with Crippen LogP contribution in [0.4, 0.5) is 4.39 Å². The average Bonchev–Trinajstić information content (AvgIpc) is 2.68. The Bertz CT molecular complexity index is 565. The lowest BCUT2D eigenvalue weighted by atomic mass is 10.1. The lowest BCUT2D eigenvalue weighted by molar-refractivity contribution is 0.0991. The van der Waals surface area contributed by atoms with Crippen LogP contribution < -0.4 is 0 Å². The number of carbonyl (C=O) groups is 1. The van der Waals surface area contributed by atoms with Gasteiger partial charge in [-0.1, -0.05) is 22.0 Å². The molecule has 1 aromatic heterocycles. The maximum Gasteiger partial charge on any atom is 0.203 e. The molecule has 2 rings (SSSR count). The van der Waals surface area contributed by atoms with Gasteiger partial charge in [-0.15, -0.1) is 0 Å². The van der Waals surface area contributed by atoms with Crippen molar-refractivity contribution in [2.75, 3.05) is 0 Å². The molecule has 0 aliphatic carbocycles. The van der Waals surface area contributed by atoms with Crippen molar-refractivity contribution in [2.45, 2.75) is 6.42 Å². The minimum absolute atomic E-state index is 0.0347. The van der Waals surface area contributed by atoms with Gasteiger partial charge >= 0.3 is 0 Å². The van der Waals surface area contributed by atoms with Crippen LogP contribution in [0.2, 0.25) is 5.22 Å². The molecular weight excluding hydrogens is 310 g/mol. The molecule has 5 heteroatoms. The molecule has 0 aliphatic heterocycles. The first-order chi connectivity index (χ1) is 8.08. The van der Waals surface area contributed by atoms with Crippen LogP contribution in [-0.2, 0) is 6.42 Å². The molecule has 88 valence electrons. The number of furan rings is 1. The van der Waals surface area contributed by atoms with E-state index in [0.717, 1.165) is 0 Å². The Morgan fingerprint density at radius 1 is 1.41 bits per heavy atom. The van der Waals surface area contributed by atoms with E-state index in [1.807, 2.05) is 0 Å². The molecule has 0 amide bonds. The molecular formula is C12H7BrClFO2. The largest absolute Gasteiger partial charge is 0.452 e. The molecule has 2 aromatic rings. The standard InChI is InChI=1S/C12H7BrClFO2/c13-8-2-1-7(10(15)6-8)5-11(16)9-3-4-17-12(9)14/h1-4,6H,5H2. The molecule has 0 saturated carbocycles. The molecule has 1 aromatic carbocycles. The van der Waals surface area contributed by atoms with E-state index >= 15 is 0 Å². The number of rotatable bonds is 3. The van der Waals surface area contributed by atoms with Gasteiger partial charge in [0, 0.05) is 10.9 Å². The second-order valence-corrected chi connectivity index (χ2v) is 4.70. The van der Waals surface area contributed by atoms with Gasteiger partial charge in [-0.2, -0.15) is 0 Å². The molecule has 0 saturated heterocycles. The quantitative estimate of drug-likeness (QED) is 0.792. The third kappa shape index (κ3) is 2.76. The van der Waals surface area contributed by atoms with Crippen LogP contribution in [0.1, 0.15) is 15.9 Å². The van der Waals surface area contributed by atoms with Crippen LogP contribution in [0.15, 0.2) is 39.4 Å². The molecule has 0 fully saturated rings. The van der Waals surface area contributed by atoms with Crippen LogP contribution in [0.5, 0.6) is 0 Å². The summed E-state index contributed by atoms with van der Waals surface area (Å²) in [5, 5.41) is 0.0347. The van der Waals surface area contributed by atoms with E-state index in [1.54, 1.807) is 12.1 Å². The number of hydrogen-bond acceptors (Lipinski definition) is 2. The van der Waals surface area contributed by atoms with E-state index in [9.17, 15) is 9.18 Å². The smallest absolute Gasteiger partial charge is 0.203 e. The summed E-state index contributed by atoms with van der Waals surface area (Å²) in [6.45, 7) is 0. The van der Waals surface area contributed by atoms with Crippen molar-refractivity contribution in [2.24, 2.45) is 0 Å². The maximum absolute atomic E-state index is 13.5. The van der Waals surface area contributed by atoms with Crippen LogP contribution in [0, 0.1) is 5.82 Å². The Balaban J connectivity index is 2.22. The molecule has 1 heterocycles. The zero-order chi connectivity index (χ0) is 12.4. The third-order valence-corrected chi connectivity index (χ3v) is 3.07. The molecule has 2 nitrogen and oxygen atoms in total. The molecule has 0 N–H and O–H groups in total. The van der Waals surface area contributed by atoms with Crippen molar-refractivity contribution in [1.82, 2.24) is 0 Å². The van der Waals surface area contributed by atoms with E-state index in [1.165, 1.54) is 18.4 Å². The SMILES string of the molecule is O=C(Cc1ccc(Br)cc1F)c1ccoc1Cl. The fourth-order valence-electron chi connectivity index (χ4n) is 1.43. The highest BCUT2D eigenvalue weighted by Gasteiger charge is 2.15. The summed E-state index contributed by atoms with van der Waals surface area (Å²) in [5.74, 6) is -0.697. The Labute approximate surface area is 111 Å². The highest BCUT2D eigenvalue weighted by atomic mass is 79.9. The van der Waals surface area contributed by atoms with Crippen molar-refractivity contribution < 1.29 is 13.6 Å². The zero-order valence-electron chi connectivity index (χ0n) is 8.54. The van der Waals surface area contributed by atoms with Crippen LogP contribution in [-0.4, -0.2) is 5.78 Å². The van der Waals surface area contributed by atoms with E-state index in [2.05, 4.69) is 15.9 Å². The van der Waals surface area contributed by atoms with Crippen molar-refractivity contribution in [1.29, 1.82) is 0 Å². The topological polar surface area (TPSA) is 30.2 Å². The molecule has 0 unspecified atom stereocenters. The Hall–Kier alpha value is -1.13. The normalized spacial score (nSPS) is 10.5. The molecule has 0 bridgehead atoms. The van der Waals surface area contributed by atoms with Gasteiger partial charge in [-0.3, -0.25) is 4.79 Å². The minimum Gasteiger partial charge on any atom is -0.452 e. The van der Waals surface area contributed by atoms with Crippen molar-refractivity contribution >= 4 is 33.3 Å². The number of carbonyl (C=O) groups excluding carboxylic acids is 1. The summed E-state index contributed by atoms with van der Waals surface area (Å²) >= 11 is 8.83. The zero-order valence-corrected chi connectivity index (χ0v) is 10.9. The van der Waals surface area contributed by atoms with Crippen LogP contribution in [0.3, 0.4) is 0 Å². The number of halogens is 3. The minimum atomic E-state index is -0.424. The van der Waals surface area contributed by atoms with E-state index < -0.39 is 5.82 Å². The third-order valence-electron chi connectivity index (χ3n) is 2.28. The Kier molecular flexibility index (Phi) is 3.64.